The highest BCUT2D eigenvalue weighted by molar-refractivity contribution is 6.33. The molecule has 1 heterocycles. The molecule has 2 atom stereocenters. The number of halogens is 2. The van der Waals surface area contributed by atoms with E-state index < -0.39 is 0 Å². The predicted octanol–water partition coefficient (Wildman–Crippen LogP) is 5.12. The van der Waals surface area contributed by atoms with Gasteiger partial charge in [-0.1, -0.05) is 56.1 Å². The minimum Gasteiger partial charge on any atom is -0.467 e. The second-order valence-electron chi connectivity index (χ2n) is 7.17. The lowest BCUT2D eigenvalue weighted by Crippen LogP contribution is -2.23. The minimum absolute atomic E-state index is 0.0964. The average molecular weight is 420 g/mol. The van der Waals surface area contributed by atoms with E-state index in [0.717, 1.165) is 16.2 Å². The van der Waals surface area contributed by atoms with E-state index in [-0.39, 0.29) is 24.5 Å². The van der Waals surface area contributed by atoms with Gasteiger partial charge in [0.05, 0.1) is 18.7 Å². The molecule has 0 saturated carbocycles. The normalized spacial score (nSPS) is 19.4. The molecule has 2 aromatic rings. The first-order chi connectivity index (χ1) is 13.3. The SMILES string of the molecule is COc1nc(C2=CC=C(Cl)C(C(C)C)C2C)nc(-c2cc(CO)ccc2Cl)n1. The Morgan fingerprint density at radius 2 is 1.82 bits per heavy atom. The fourth-order valence-electron chi connectivity index (χ4n) is 3.58. The molecule has 1 aromatic heterocycles. The van der Waals surface area contributed by atoms with Crippen molar-refractivity contribution >= 4 is 28.8 Å². The number of nitrogens with zero attached hydrogens (tertiary/aromatic N) is 3. The van der Waals surface area contributed by atoms with Crippen LogP contribution in [-0.2, 0) is 6.61 Å². The van der Waals surface area contributed by atoms with Crippen LogP contribution in [0.1, 0.15) is 32.2 Å². The lowest BCUT2D eigenvalue weighted by molar-refractivity contribution is 0.282. The van der Waals surface area contributed by atoms with Gasteiger partial charge >= 0.3 is 6.01 Å². The van der Waals surface area contributed by atoms with Crippen LogP contribution in [-0.4, -0.2) is 27.2 Å². The van der Waals surface area contributed by atoms with Crippen LogP contribution in [0.25, 0.3) is 17.0 Å². The topological polar surface area (TPSA) is 68.1 Å². The van der Waals surface area contributed by atoms with Crippen LogP contribution in [0.15, 0.2) is 35.4 Å². The maximum absolute atomic E-state index is 9.45. The lowest BCUT2D eigenvalue weighted by Gasteiger charge is -2.31. The van der Waals surface area contributed by atoms with Crippen LogP contribution in [0.2, 0.25) is 5.02 Å². The Labute approximate surface area is 175 Å². The molecular formula is C21H23Cl2N3O2. The van der Waals surface area contributed by atoms with E-state index in [9.17, 15) is 5.11 Å². The van der Waals surface area contributed by atoms with Gasteiger partial charge in [-0.15, -0.1) is 0 Å². The van der Waals surface area contributed by atoms with Gasteiger partial charge in [-0.2, -0.15) is 9.97 Å². The molecule has 3 rings (SSSR count). The van der Waals surface area contributed by atoms with E-state index in [1.54, 1.807) is 18.2 Å². The largest absolute Gasteiger partial charge is 0.467 e. The molecule has 5 nitrogen and oxygen atoms in total. The fourth-order valence-corrected chi connectivity index (χ4v) is 4.28. The summed E-state index contributed by atoms with van der Waals surface area (Å²) in [6.45, 7) is 6.34. The molecule has 0 saturated heterocycles. The summed E-state index contributed by atoms with van der Waals surface area (Å²) < 4.78 is 5.31. The van der Waals surface area contributed by atoms with Crippen molar-refractivity contribution in [2.24, 2.45) is 17.8 Å². The van der Waals surface area contributed by atoms with Crippen molar-refractivity contribution in [1.82, 2.24) is 15.0 Å². The van der Waals surface area contributed by atoms with E-state index in [0.29, 0.717) is 28.2 Å². The number of rotatable bonds is 5. The van der Waals surface area contributed by atoms with Crippen molar-refractivity contribution in [3.8, 4) is 17.4 Å². The van der Waals surface area contributed by atoms with Crippen molar-refractivity contribution in [2.75, 3.05) is 7.11 Å². The first kappa shape index (κ1) is 20.8. The zero-order chi connectivity index (χ0) is 20.4. The van der Waals surface area contributed by atoms with Crippen molar-refractivity contribution in [2.45, 2.75) is 27.4 Å². The van der Waals surface area contributed by atoms with Gasteiger partial charge in [-0.05, 0) is 35.6 Å². The molecule has 0 amide bonds. The summed E-state index contributed by atoms with van der Waals surface area (Å²) >= 11 is 12.8. The molecule has 148 valence electrons. The van der Waals surface area contributed by atoms with Gasteiger partial charge in [0.2, 0.25) is 0 Å². The van der Waals surface area contributed by atoms with Gasteiger partial charge in [-0.25, -0.2) is 4.98 Å². The lowest BCUT2D eigenvalue weighted by atomic mass is 9.77. The zero-order valence-electron chi connectivity index (χ0n) is 16.3. The number of hydrogen-bond donors (Lipinski definition) is 1. The molecule has 0 radical (unpaired) electrons. The molecule has 0 aliphatic heterocycles. The second-order valence-corrected chi connectivity index (χ2v) is 8.02. The molecule has 28 heavy (non-hydrogen) atoms. The summed E-state index contributed by atoms with van der Waals surface area (Å²) in [5.74, 6) is 1.63. The van der Waals surface area contributed by atoms with Gasteiger partial charge in [-0.3, -0.25) is 0 Å². The molecule has 0 fully saturated rings. The number of benzene rings is 1. The Balaban J connectivity index is 2.13. The van der Waals surface area contributed by atoms with E-state index in [2.05, 4.69) is 35.7 Å². The Morgan fingerprint density at radius 1 is 1.11 bits per heavy atom. The minimum atomic E-state index is -0.0964. The fraction of sp³-hybridized carbons (Fsp3) is 0.381. The van der Waals surface area contributed by atoms with Crippen LogP contribution >= 0.6 is 23.2 Å². The molecule has 1 aromatic carbocycles. The standard InChI is InChI=1S/C21H23Cl2N3O2/c1-11(2)18-12(3)14(6-8-17(18)23)19-24-20(26-21(25-19)28-4)15-9-13(10-27)5-7-16(15)22/h5-9,11-12,18,27H,10H2,1-4H3. The summed E-state index contributed by atoms with van der Waals surface area (Å²) in [5, 5.41) is 10.8. The van der Waals surface area contributed by atoms with E-state index in [1.165, 1.54) is 7.11 Å². The summed E-state index contributed by atoms with van der Waals surface area (Å²) in [4.78, 5) is 13.5. The maximum Gasteiger partial charge on any atom is 0.320 e. The monoisotopic (exact) mass is 419 g/mol. The number of aliphatic hydroxyl groups excluding tert-OH is 1. The first-order valence-electron chi connectivity index (χ1n) is 9.13. The zero-order valence-corrected chi connectivity index (χ0v) is 17.8. The summed E-state index contributed by atoms with van der Waals surface area (Å²) in [6.07, 6.45) is 3.87. The van der Waals surface area contributed by atoms with Gasteiger partial charge in [0.25, 0.3) is 0 Å². The van der Waals surface area contributed by atoms with Crippen LogP contribution in [0.4, 0.5) is 0 Å². The molecule has 1 aliphatic carbocycles. The van der Waals surface area contributed by atoms with Gasteiger partial charge in [0.15, 0.2) is 11.6 Å². The number of ether oxygens (including phenoxy) is 1. The Morgan fingerprint density at radius 3 is 2.46 bits per heavy atom. The molecule has 0 bridgehead atoms. The Kier molecular flexibility index (Phi) is 6.38. The van der Waals surface area contributed by atoms with Crippen molar-refractivity contribution in [1.29, 1.82) is 0 Å². The Bertz CT molecular complexity index is 941. The summed E-state index contributed by atoms with van der Waals surface area (Å²) in [5.41, 5.74) is 2.31. The number of aliphatic hydroxyl groups is 1. The quantitative estimate of drug-likeness (QED) is 0.727. The summed E-state index contributed by atoms with van der Waals surface area (Å²) in [7, 11) is 1.51. The first-order valence-corrected chi connectivity index (χ1v) is 9.88. The third kappa shape index (κ3) is 4.07. The number of hydrogen-bond acceptors (Lipinski definition) is 5. The third-order valence-electron chi connectivity index (χ3n) is 5.00. The molecule has 2 unspecified atom stereocenters. The highest BCUT2D eigenvalue weighted by atomic mass is 35.5. The second kappa shape index (κ2) is 8.60. The van der Waals surface area contributed by atoms with Crippen molar-refractivity contribution in [3.05, 3.63) is 51.8 Å². The van der Waals surface area contributed by atoms with Crippen molar-refractivity contribution < 1.29 is 9.84 Å². The van der Waals surface area contributed by atoms with Gasteiger partial charge in [0.1, 0.15) is 0 Å². The molecule has 1 N–H and O–H groups in total. The smallest absolute Gasteiger partial charge is 0.320 e. The average Bonchev–Trinajstić information content (AvgIpc) is 2.67. The highest BCUT2D eigenvalue weighted by Gasteiger charge is 2.31. The highest BCUT2D eigenvalue weighted by Crippen LogP contribution is 2.41. The molecular weight excluding hydrogens is 397 g/mol. The molecule has 1 aliphatic rings. The number of aromatic nitrogens is 3. The Hall–Kier alpha value is -1.95. The van der Waals surface area contributed by atoms with Crippen LogP contribution in [0.5, 0.6) is 6.01 Å². The molecule has 0 spiro atoms. The van der Waals surface area contributed by atoms with Crippen molar-refractivity contribution in [3.63, 3.8) is 0 Å². The van der Waals surface area contributed by atoms with Crippen LogP contribution < -0.4 is 4.74 Å². The maximum atomic E-state index is 9.45. The molecule has 7 heteroatoms. The van der Waals surface area contributed by atoms with Gasteiger partial charge < -0.3 is 9.84 Å². The van der Waals surface area contributed by atoms with E-state index >= 15 is 0 Å². The van der Waals surface area contributed by atoms with Crippen LogP contribution in [0, 0.1) is 17.8 Å². The van der Waals surface area contributed by atoms with E-state index in [1.807, 2.05) is 12.2 Å². The number of methoxy groups -OCH3 is 1. The number of allylic oxidation sites excluding steroid dienone is 4. The van der Waals surface area contributed by atoms with E-state index in [4.69, 9.17) is 27.9 Å². The predicted molar refractivity (Wildman–Crippen MR) is 112 cm³/mol. The van der Waals surface area contributed by atoms with Gasteiger partial charge in [0, 0.05) is 22.1 Å². The summed E-state index contributed by atoms with van der Waals surface area (Å²) in [6, 6.07) is 5.46. The van der Waals surface area contributed by atoms with Crippen LogP contribution in [0.3, 0.4) is 0 Å². The third-order valence-corrected chi connectivity index (χ3v) is 5.71.